The zero-order valence-corrected chi connectivity index (χ0v) is 36.0. The number of halogens is 2. The molecule has 0 saturated carbocycles. The summed E-state index contributed by atoms with van der Waals surface area (Å²) >= 11 is 0. The first-order valence-electron chi connectivity index (χ1n) is 20.6. The summed E-state index contributed by atoms with van der Waals surface area (Å²) in [5, 5.41) is 0. The van der Waals surface area contributed by atoms with E-state index in [0.29, 0.717) is 0 Å². The molecule has 282 valence electrons. The smallest absolute Gasteiger partial charge is 0.102 e. The van der Waals surface area contributed by atoms with E-state index >= 15 is 0 Å². The van der Waals surface area contributed by atoms with Crippen molar-refractivity contribution in [3.8, 4) is 0 Å². The fraction of sp³-hybridized carbons (Fsp3) is 1.00. The van der Waals surface area contributed by atoms with Crippen molar-refractivity contribution < 1.29 is 47.7 Å². The minimum absolute atomic E-state index is 0. The monoisotopic (exact) mass is 783 g/mol. The fourth-order valence-electron chi connectivity index (χ4n) is 6.85. The van der Waals surface area contributed by atoms with E-state index in [1.54, 1.807) is 0 Å². The van der Waals surface area contributed by atoms with Gasteiger partial charge in [-0.25, -0.2) is 0 Å². The lowest BCUT2D eigenvalue weighted by atomic mass is 10.0. The maximum atomic E-state index is 5.53. The number of likely N-dealkylation sites (N-methyl/N-ethyl adjacent to an activating group) is 1. The van der Waals surface area contributed by atoms with E-state index in [1.807, 2.05) is 0 Å². The Morgan fingerprint density at radius 3 is 0.978 bits per heavy atom. The first kappa shape index (κ1) is 51.2. The number of quaternary nitrogens is 2. The summed E-state index contributed by atoms with van der Waals surface area (Å²) in [5.74, 6) is 0. The van der Waals surface area contributed by atoms with Crippen LogP contribution in [0.5, 0.6) is 0 Å². The SMILES string of the molecule is CCCCCCCCCCCCCCCC[N+](C)(C)C.CCCCCCCCCCCCCCCC[N+]1(CC)CCOCC1.[Br-].[Br-]. The Bertz CT molecular complexity index is 549. The zero-order chi connectivity index (χ0) is 32.5. The summed E-state index contributed by atoms with van der Waals surface area (Å²) < 4.78 is 7.98. The van der Waals surface area contributed by atoms with Gasteiger partial charge in [0.1, 0.15) is 13.1 Å². The largest absolute Gasteiger partial charge is 1.00 e. The highest BCUT2D eigenvalue weighted by atomic mass is 79.9. The number of unbranched alkanes of at least 4 members (excludes halogenated alkanes) is 26. The van der Waals surface area contributed by atoms with Gasteiger partial charge in [-0.1, -0.05) is 168 Å². The quantitative estimate of drug-likeness (QED) is 0.0576. The third-order valence-electron chi connectivity index (χ3n) is 10.3. The van der Waals surface area contributed by atoms with Crippen LogP contribution >= 0.6 is 0 Å². The minimum atomic E-state index is 0. The average molecular weight is 785 g/mol. The number of nitrogens with zero attached hydrogens (tertiary/aromatic N) is 2. The van der Waals surface area contributed by atoms with Crippen LogP contribution in [0.4, 0.5) is 0 Å². The maximum absolute atomic E-state index is 5.53. The molecule has 0 aromatic rings. The molecule has 0 bridgehead atoms. The zero-order valence-electron chi connectivity index (χ0n) is 32.8. The minimum Gasteiger partial charge on any atom is -1.00 e. The van der Waals surface area contributed by atoms with E-state index in [0.717, 1.165) is 17.7 Å². The molecule has 3 nitrogen and oxygen atoms in total. The van der Waals surface area contributed by atoms with Gasteiger partial charge in [0, 0.05) is 0 Å². The molecule has 1 aliphatic rings. The Morgan fingerprint density at radius 2 is 0.696 bits per heavy atom. The van der Waals surface area contributed by atoms with E-state index in [4.69, 9.17) is 4.74 Å². The first-order valence-corrected chi connectivity index (χ1v) is 20.6. The highest BCUT2D eigenvalue weighted by Gasteiger charge is 2.27. The molecule has 0 aromatic heterocycles. The van der Waals surface area contributed by atoms with Gasteiger partial charge in [0.05, 0.1) is 54.0 Å². The summed E-state index contributed by atoms with van der Waals surface area (Å²) in [6.45, 7) is 15.4. The molecule has 5 heteroatoms. The van der Waals surface area contributed by atoms with E-state index in [9.17, 15) is 0 Å². The topological polar surface area (TPSA) is 9.23 Å². The molecule has 0 unspecified atom stereocenters. The van der Waals surface area contributed by atoms with Crippen LogP contribution in [0.2, 0.25) is 0 Å². The lowest BCUT2D eigenvalue weighted by Crippen LogP contribution is -3.00. The van der Waals surface area contributed by atoms with Crippen molar-refractivity contribution in [1.29, 1.82) is 0 Å². The summed E-state index contributed by atoms with van der Waals surface area (Å²) in [5.41, 5.74) is 0. The van der Waals surface area contributed by atoms with Crippen LogP contribution in [-0.4, -0.2) is 76.0 Å². The summed E-state index contributed by atoms with van der Waals surface area (Å²) in [6, 6.07) is 0. The van der Waals surface area contributed by atoms with Gasteiger partial charge in [0.2, 0.25) is 0 Å². The second kappa shape index (κ2) is 38.6. The second-order valence-electron chi connectivity index (χ2n) is 15.6. The second-order valence-corrected chi connectivity index (χ2v) is 15.6. The van der Waals surface area contributed by atoms with Crippen LogP contribution in [0.1, 0.15) is 201 Å². The van der Waals surface area contributed by atoms with Crippen LogP contribution in [0.15, 0.2) is 0 Å². The van der Waals surface area contributed by atoms with Crippen molar-refractivity contribution >= 4 is 0 Å². The number of morpholine rings is 1. The van der Waals surface area contributed by atoms with Crippen molar-refractivity contribution in [1.82, 2.24) is 0 Å². The number of ether oxygens (including phenoxy) is 1. The van der Waals surface area contributed by atoms with E-state index < -0.39 is 0 Å². The van der Waals surface area contributed by atoms with E-state index in [1.165, 1.54) is 217 Å². The molecule has 0 N–H and O–H groups in total. The van der Waals surface area contributed by atoms with Gasteiger partial charge < -0.3 is 47.7 Å². The molecule has 0 amide bonds. The molecule has 1 heterocycles. The highest BCUT2D eigenvalue weighted by Crippen LogP contribution is 2.17. The normalized spacial score (nSPS) is 14.2. The Kier molecular flexibility index (Phi) is 43.0. The van der Waals surface area contributed by atoms with Crippen molar-refractivity contribution in [2.45, 2.75) is 201 Å². The predicted molar refractivity (Wildman–Crippen MR) is 200 cm³/mol. The van der Waals surface area contributed by atoms with Gasteiger partial charge in [-0.3, -0.25) is 0 Å². The number of hydrogen-bond donors (Lipinski definition) is 0. The summed E-state index contributed by atoms with van der Waals surface area (Å²) in [4.78, 5) is 0. The first-order chi connectivity index (χ1) is 21.4. The molecule has 0 atom stereocenters. The molecule has 0 spiro atoms. The van der Waals surface area contributed by atoms with Gasteiger partial charge in [0.25, 0.3) is 0 Å². The standard InChI is InChI=1S/C22H46NO.C19H42N.2BrH/c1-3-5-6-7-8-9-10-11-12-13-14-15-16-17-18-23(4-2)19-21-24-22-20-23;1-5-6-7-8-9-10-11-12-13-14-15-16-17-18-19-20(2,3)4;;/h3-22H2,1-2H3;5-19H2,1-4H3;2*1H/q2*+1;;/p-2. The van der Waals surface area contributed by atoms with Crippen LogP contribution in [0, 0.1) is 0 Å². The third-order valence-corrected chi connectivity index (χ3v) is 10.3. The Morgan fingerprint density at radius 1 is 0.413 bits per heavy atom. The third kappa shape index (κ3) is 37.7. The van der Waals surface area contributed by atoms with Gasteiger partial charge in [-0.15, -0.1) is 0 Å². The fourth-order valence-corrected chi connectivity index (χ4v) is 6.85. The molecule has 1 aliphatic heterocycles. The molecule has 0 radical (unpaired) electrons. The van der Waals surface area contributed by atoms with Crippen LogP contribution < -0.4 is 34.0 Å². The van der Waals surface area contributed by atoms with Crippen LogP contribution in [0.3, 0.4) is 0 Å². The maximum Gasteiger partial charge on any atom is 0.102 e. The summed E-state index contributed by atoms with van der Waals surface area (Å²) in [7, 11) is 6.88. The van der Waals surface area contributed by atoms with Gasteiger partial charge in [0.15, 0.2) is 0 Å². The van der Waals surface area contributed by atoms with Gasteiger partial charge in [-0.2, -0.15) is 0 Å². The Hall–Kier alpha value is 0.840. The molecule has 1 rings (SSSR count). The molecule has 46 heavy (non-hydrogen) atoms. The van der Waals surface area contributed by atoms with Gasteiger partial charge >= 0.3 is 0 Å². The average Bonchev–Trinajstić information content (AvgIpc) is 3.01. The molecule has 0 aromatic carbocycles. The van der Waals surface area contributed by atoms with E-state index in [-0.39, 0.29) is 34.0 Å². The van der Waals surface area contributed by atoms with Crippen LogP contribution in [0.25, 0.3) is 0 Å². The summed E-state index contributed by atoms with van der Waals surface area (Å²) in [6.07, 6.45) is 40.7. The Labute approximate surface area is 313 Å². The van der Waals surface area contributed by atoms with Crippen molar-refractivity contribution in [2.24, 2.45) is 0 Å². The molecule has 1 saturated heterocycles. The Balaban J connectivity index is -0.000000783. The lowest BCUT2D eigenvalue weighted by Gasteiger charge is -2.40. The molecule has 1 fully saturated rings. The van der Waals surface area contributed by atoms with Gasteiger partial charge in [-0.05, 0) is 32.6 Å². The van der Waals surface area contributed by atoms with Crippen LogP contribution in [-0.2, 0) is 4.74 Å². The molecule has 0 aliphatic carbocycles. The van der Waals surface area contributed by atoms with E-state index in [2.05, 4.69) is 41.9 Å². The highest BCUT2D eigenvalue weighted by molar-refractivity contribution is 4.53. The number of hydrogen-bond acceptors (Lipinski definition) is 1. The molecular weight excluding hydrogens is 696 g/mol. The van der Waals surface area contributed by atoms with Crippen molar-refractivity contribution in [3.63, 3.8) is 0 Å². The van der Waals surface area contributed by atoms with Crippen molar-refractivity contribution in [3.05, 3.63) is 0 Å². The number of rotatable bonds is 31. The van der Waals surface area contributed by atoms with Crippen molar-refractivity contribution in [2.75, 3.05) is 67.1 Å². The molecular formula is C41H88Br2N2O. The lowest BCUT2D eigenvalue weighted by molar-refractivity contribution is -0.933. The predicted octanol–water partition coefficient (Wildman–Crippen LogP) is 6.52.